The lowest BCUT2D eigenvalue weighted by Gasteiger charge is -2.16. The van der Waals surface area contributed by atoms with E-state index < -0.39 is 17.6 Å². The molecule has 0 atom stereocenters. The number of alkyl halides is 3. The van der Waals surface area contributed by atoms with Crippen LogP contribution in [0.2, 0.25) is 0 Å². The number of aromatic nitrogens is 2. The van der Waals surface area contributed by atoms with Crippen LogP contribution in [0.4, 0.5) is 18.9 Å². The van der Waals surface area contributed by atoms with Gasteiger partial charge in [-0.2, -0.15) is 13.2 Å². The highest BCUT2D eigenvalue weighted by molar-refractivity contribution is 6.02. The van der Waals surface area contributed by atoms with Gasteiger partial charge < -0.3 is 5.32 Å². The van der Waals surface area contributed by atoms with Crippen LogP contribution in [0.3, 0.4) is 0 Å². The second kappa shape index (κ2) is 5.98. The SMILES string of the molecule is CC(C)(C)c1cnc(C(=O)Nc2ccc(C(F)(F)F)cc2)cn1. The maximum atomic E-state index is 12.5. The zero-order valence-corrected chi connectivity index (χ0v) is 12.9. The van der Waals surface area contributed by atoms with Gasteiger partial charge in [-0.05, 0) is 24.3 Å². The topological polar surface area (TPSA) is 54.9 Å². The van der Waals surface area contributed by atoms with Crippen molar-refractivity contribution in [3.05, 3.63) is 53.6 Å². The van der Waals surface area contributed by atoms with Gasteiger partial charge in [-0.15, -0.1) is 0 Å². The van der Waals surface area contributed by atoms with Gasteiger partial charge in [0.25, 0.3) is 5.91 Å². The molecule has 2 rings (SSSR count). The molecule has 1 aromatic carbocycles. The quantitative estimate of drug-likeness (QED) is 0.907. The molecular formula is C16H16F3N3O. The van der Waals surface area contributed by atoms with E-state index in [9.17, 15) is 18.0 Å². The number of rotatable bonds is 2. The van der Waals surface area contributed by atoms with E-state index in [0.29, 0.717) is 0 Å². The Labute approximate surface area is 131 Å². The molecule has 0 radical (unpaired) electrons. The summed E-state index contributed by atoms with van der Waals surface area (Å²) in [6.07, 6.45) is -1.54. The molecule has 1 N–H and O–H groups in total. The minimum atomic E-state index is -4.41. The van der Waals surface area contributed by atoms with Crippen molar-refractivity contribution in [3.63, 3.8) is 0 Å². The molecule has 1 heterocycles. The maximum Gasteiger partial charge on any atom is 0.416 e. The number of hydrogen-bond donors (Lipinski definition) is 1. The third-order valence-electron chi connectivity index (χ3n) is 3.12. The second-order valence-electron chi connectivity index (χ2n) is 6.07. The maximum absolute atomic E-state index is 12.5. The summed E-state index contributed by atoms with van der Waals surface area (Å²) in [6, 6.07) is 4.20. The number of benzene rings is 1. The van der Waals surface area contributed by atoms with Gasteiger partial charge in [0.1, 0.15) is 5.69 Å². The molecule has 0 spiro atoms. The molecule has 0 unspecified atom stereocenters. The number of hydrogen-bond acceptors (Lipinski definition) is 3. The third kappa shape index (κ3) is 4.28. The van der Waals surface area contributed by atoms with Crippen molar-refractivity contribution in [1.29, 1.82) is 0 Å². The predicted octanol–water partition coefficient (Wildman–Crippen LogP) is 4.05. The van der Waals surface area contributed by atoms with E-state index in [1.807, 2.05) is 20.8 Å². The lowest BCUT2D eigenvalue weighted by molar-refractivity contribution is -0.137. The lowest BCUT2D eigenvalue weighted by Crippen LogP contribution is -2.18. The number of carbonyl (C=O) groups is 1. The molecule has 122 valence electrons. The summed E-state index contributed by atoms with van der Waals surface area (Å²) < 4.78 is 37.4. The van der Waals surface area contributed by atoms with Crippen molar-refractivity contribution < 1.29 is 18.0 Å². The molecule has 4 nitrogen and oxygen atoms in total. The van der Waals surface area contributed by atoms with Crippen LogP contribution in [0.1, 0.15) is 42.5 Å². The molecule has 0 saturated heterocycles. The Hall–Kier alpha value is -2.44. The fourth-order valence-electron chi connectivity index (χ4n) is 1.77. The van der Waals surface area contributed by atoms with Gasteiger partial charge in [0.05, 0.1) is 17.5 Å². The van der Waals surface area contributed by atoms with Crippen LogP contribution < -0.4 is 5.32 Å². The number of carbonyl (C=O) groups excluding carboxylic acids is 1. The van der Waals surface area contributed by atoms with Crippen molar-refractivity contribution in [2.75, 3.05) is 5.32 Å². The number of halogens is 3. The molecule has 1 aromatic heterocycles. The monoisotopic (exact) mass is 323 g/mol. The highest BCUT2D eigenvalue weighted by atomic mass is 19.4. The van der Waals surface area contributed by atoms with E-state index in [0.717, 1.165) is 17.8 Å². The van der Waals surface area contributed by atoms with E-state index in [-0.39, 0.29) is 16.8 Å². The second-order valence-corrected chi connectivity index (χ2v) is 6.07. The molecule has 2 aromatic rings. The van der Waals surface area contributed by atoms with Crippen molar-refractivity contribution in [2.24, 2.45) is 0 Å². The van der Waals surface area contributed by atoms with Crippen LogP contribution in [0.15, 0.2) is 36.7 Å². The summed E-state index contributed by atoms with van der Waals surface area (Å²) in [7, 11) is 0. The van der Waals surface area contributed by atoms with Gasteiger partial charge in [0, 0.05) is 17.3 Å². The molecule has 23 heavy (non-hydrogen) atoms. The van der Waals surface area contributed by atoms with Crippen LogP contribution in [-0.4, -0.2) is 15.9 Å². The minimum absolute atomic E-state index is 0.0953. The van der Waals surface area contributed by atoms with E-state index >= 15 is 0 Å². The summed E-state index contributed by atoms with van der Waals surface area (Å²) in [5.74, 6) is -0.530. The number of nitrogens with zero attached hydrogens (tertiary/aromatic N) is 2. The van der Waals surface area contributed by atoms with E-state index in [1.54, 1.807) is 0 Å². The summed E-state index contributed by atoms with van der Waals surface area (Å²) in [5, 5.41) is 2.49. The smallest absolute Gasteiger partial charge is 0.321 e. The molecule has 0 aliphatic heterocycles. The van der Waals surface area contributed by atoms with Gasteiger partial charge >= 0.3 is 6.18 Å². The van der Waals surface area contributed by atoms with Gasteiger partial charge in [0.15, 0.2) is 0 Å². The summed E-state index contributed by atoms with van der Waals surface area (Å²) in [4.78, 5) is 20.3. The van der Waals surface area contributed by atoms with Crippen molar-refractivity contribution in [1.82, 2.24) is 9.97 Å². The van der Waals surface area contributed by atoms with E-state index in [2.05, 4.69) is 15.3 Å². The van der Waals surface area contributed by atoms with Gasteiger partial charge in [0.2, 0.25) is 0 Å². The van der Waals surface area contributed by atoms with Crippen LogP contribution >= 0.6 is 0 Å². The van der Waals surface area contributed by atoms with Gasteiger partial charge in [-0.3, -0.25) is 9.78 Å². The predicted molar refractivity (Wildman–Crippen MR) is 80.1 cm³/mol. The summed E-state index contributed by atoms with van der Waals surface area (Å²) >= 11 is 0. The first-order chi connectivity index (χ1) is 10.6. The average Bonchev–Trinajstić information content (AvgIpc) is 2.46. The molecule has 0 fully saturated rings. The fraction of sp³-hybridized carbons (Fsp3) is 0.312. The van der Waals surface area contributed by atoms with Gasteiger partial charge in [-0.25, -0.2) is 4.98 Å². The molecule has 1 amide bonds. The van der Waals surface area contributed by atoms with E-state index in [1.165, 1.54) is 24.5 Å². The number of amides is 1. The first kappa shape index (κ1) is 16.9. The third-order valence-corrected chi connectivity index (χ3v) is 3.12. The van der Waals surface area contributed by atoms with Crippen molar-refractivity contribution >= 4 is 11.6 Å². The zero-order chi connectivity index (χ0) is 17.3. The molecule has 7 heteroatoms. The Morgan fingerprint density at radius 2 is 1.61 bits per heavy atom. The van der Waals surface area contributed by atoms with Crippen molar-refractivity contribution in [2.45, 2.75) is 32.4 Å². The average molecular weight is 323 g/mol. The van der Waals surface area contributed by atoms with Crippen LogP contribution in [0.5, 0.6) is 0 Å². The fourth-order valence-corrected chi connectivity index (χ4v) is 1.77. The lowest BCUT2D eigenvalue weighted by atomic mass is 9.93. The Morgan fingerprint density at radius 1 is 1.00 bits per heavy atom. The Bertz CT molecular complexity index is 686. The number of nitrogens with one attached hydrogen (secondary N) is 1. The summed E-state index contributed by atoms with van der Waals surface area (Å²) in [5.41, 5.74) is 0.131. The highest BCUT2D eigenvalue weighted by Gasteiger charge is 2.30. The Kier molecular flexibility index (Phi) is 4.40. The Balaban J connectivity index is 2.10. The molecule has 0 saturated carbocycles. The van der Waals surface area contributed by atoms with Crippen LogP contribution in [0.25, 0.3) is 0 Å². The highest BCUT2D eigenvalue weighted by Crippen LogP contribution is 2.29. The van der Waals surface area contributed by atoms with Gasteiger partial charge in [-0.1, -0.05) is 20.8 Å². The Morgan fingerprint density at radius 3 is 2.04 bits per heavy atom. The molecule has 0 bridgehead atoms. The molecular weight excluding hydrogens is 307 g/mol. The summed E-state index contributed by atoms with van der Waals surface area (Å²) in [6.45, 7) is 5.91. The first-order valence-electron chi connectivity index (χ1n) is 6.88. The van der Waals surface area contributed by atoms with E-state index in [4.69, 9.17) is 0 Å². The van der Waals surface area contributed by atoms with Crippen LogP contribution in [-0.2, 0) is 11.6 Å². The zero-order valence-electron chi connectivity index (χ0n) is 12.9. The number of anilines is 1. The van der Waals surface area contributed by atoms with Crippen molar-refractivity contribution in [3.8, 4) is 0 Å². The molecule has 0 aliphatic rings. The molecule has 0 aliphatic carbocycles. The first-order valence-corrected chi connectivity index (χ1v) is 6.88. The standard InChI is InChI=1S/C16H16F3N3O/c1-15(2,3)13-9-20-12(8-21-13)14(23)22-11-6-4-10(5-7-11)16(17,18)19/h4-9H,1-3H3,(H,22,23). The normalized spacial score (nSPS) is 12.1. The van der Waals surface area contributed by atoms with Crippen LogP contribution in [0, 0.1) is 0 Å². The largest absolute Gasteiger partial charge is 0.416 e. The minimum Gasteiger partial charge on any atom is -0.321 e.